The van der Waals surface area contributed by atoms with Gasteiger partial charge in [-0.05, 0) is 17.5 Å². The highest BCUT2D eigenvalue weighted by Gasteiger charge is 2.51. The Hall–Kier alpha value is -3.15. The van der Waals surface area contributed by atoms with Crippen LogP contribution in [0.4, 0.5) is 4.79 Å². The maximum Gasteiger partial charge on any atom is 0.325 e. The zero-order valence-corrected chi connectivity index (χ0v) is 14.6. The van der Waals surface area contributed by atoms with Crippen LogP contribution in [0.3, 0.4) is 0 Å². The van der Waals surface area contributed by atoms with Crippen molar-refractivity contribution in [2.45, 2.75) is 25.4 Å². The van der Waals surface area contributed by atoms with Gasteiger partial charge < -0.3 is 10.6 Å². The van der Waals surface area contributed by atoms with Crippen LogP contribution in [0.1, 0.15) is 24.5 Å². The summed E-state index contributed by atoms with van der Waals surface area (Å²) < 4.78 is 0. The van der Waals surface area contributed by atoms with Gasteiger partial charge in [-0.15, -0.1) is 0 Å². The van der Waals surface area contributed by atoms with E-state index < -0.39 is 17.5 Å². The van der Waals surface area contributed by atoms with Crippen LogP contribution in [0.2, 0.25) is 0 Å². The van der Waals surface area contributed by atoms with Crippen LogP contribution >= 0.6 is 0 Å². The first-order valence-corrected chi connectivity index (χ1v) is 8.57. The fourth-order valence-corrected chi connectivity index (χ4v) is 3.13. The second-order valence-corrected chi connectivity index (χ2v) is 6.21. The molecule has 2 aromatic carbocycles. The van der Waals surface area contributed by atoms with Gasteiger partial charge in [-0.3, -0.25) is 14.5 Å². The van der Waals surface area contributed by atoms with Crippen LogP contribution in [-0.2, 0) is 21.7 Å². The van der Waals surface area contributed by atoms with Gasteiger partial charge >= 0.3 is 6.03 Å². The van der Waals surface area contributed by atoms with Crippen LogP contribution in [0.5, 0.6) is 0 Å². The number of amides is 4. The Bertz CT molecular complexity index is 808. The summed E-state index contributed by atoms with van der Waals surface area (Å²) in [4.78, 5) is 38.5. The second kappa shape index (κ2) is 7.39. The predicted octanol–water partition coefficient (Wildman–Crippen LogP) is 2.16. The lowest BCUT2D eigenvalue weighted by Gasteiger charge is -2.25. The van der Waals surface area contributed by atoms with Crippen molar-refractivity contribution in [1.82, 2.24) is 15.5 Å². The largest absolute Gasteiger partial charge is 0.350 e. The molecule has 0 saturated carbocycles. The Morgan fingerprint density at radius 1 is 1.04 bits per heavy atom. The normalized spacial score (nSPS) is 19.3. The van der Waals surface area contributed by atoms with Crippen LogP contribution in [0, 0.1) is 0 Å². The quantitative estimate of drug-likeness (QED) is 0.783. The van der Waals surface area contributed by atoms with Gasteiger partial charge in [-0.1, -0.05) is 67.6 Å². The van der Waals surface area contributed by atoms with E-state index in [0.717, 1.165) is 10.5 Å². The van der Waals surface area contributed by atoms with Crippen molar-refractivity contribution in [3.8, 4) is 0 Å². The Labute approximate surface area is 152 Å². The molecule has 1 aliphatic heterocycles. The molecule has 3 rings (SSSR count). The number of benzene rings is 2. The molecule has 1 saturated heterocycles. The lowest BCUT2D eigenvalue weighted by atomic mass is 9.87. The van der Waals surface area contributed by atoms with E-state index in [1.165, 1.54) is 0 Å². The zero-order valence-electron chi connectivity index (χ0n) is 14.6. The molecule has 1 unspecified atom stereocenters. The van der Waals surface area contributed by atoms with Gasteiger partial charge in [0.2, 0.25) is 5.91 Å². The summed E-state index contributed by atoms with van der Waals surface area (Å²) in [6.07, 6.45) is 0.406. The lowest BCUT2D eigenvalue weighted by Crippen LogP contribution is -2.44. The Morgan fingerprint density at radius 2 is 1.65 bits per heavy atom. The molecule has 26 heavy (non-hydrogen) atoms. The molecular weight excluding hydrogens is 330 g/mol. The summed E-state index contributed by atoms with van der Waals surface area (Å²) in [6.45, 7) is 1.89. The van der Waals surface area contributed by atoms with Gasteiger partial charge in [0.05, 0.1) is 0 Å². The fourth-order valence-electron chi connectivity index (χ4n) is 3.13. The number of nitrogens with zero attached hydrogens (tertiary/aromatic N) is 1. The van der Waals surface area contributed by atoms with Crippen molar-refractivity contribution < 1.29 is 14.4 Å². The molecule has 4 amide bonds. The van der Waals surface area contributed by atoms with E-state index in [1.807, 2.05) is 55.5 Å². The highest BCUT2D eigenvalue weighted by molar-refractivity contribution is 6.09. The molecule has 1 aliphatic rings. The maximum absolute atomic E-state index is 12.9. The van der Waals surface area contributed by atoms with Crippen LogP contribution in [-0.4, -0.2) is 29.3 Å². The highest BCUT2D eigenvalue weighted by Crippen LogP contribution is 2.32. The van der Waals surface area contributed by atoms with E-state index in [-0.39, 0.29) is 12.5 Å². The molecule has 0 spiro atoms. The van der Waals surface area contributed by atoms with Crippen LogP contribution < -0.4 is 10.6 Å². The number of hydrogen-bond donors (Lipinski definition) is 2. The van der Waals surface area contributed by atoms with Crippen molar-refractivity contribution in [3.63, 3.8) is 0 Å². The summed E-state index contributed by atoms with van der Waals surface area (Å²) in [5, 5.41) is 5.51. The van der Waals surface area contributed by atoms with Gasteiger partial charge in [-0.2, -0.15) is 0 Å². The van der Waals surface area contributed by atoms with E-state index in [1.54, 1.807) is 12.1 Å². The molecule has 6 heteroatoms. The number of carbonyl (C=O) groups is 3. The first kappa shape index (κ1) is 17.7. The van der Waals surface area contributed by atoms with Crippen molar-refractivity contribution in [2.75, 3.05) is 6.54 Å². The van der Waals surface area contributed by atoms with Gasteiger partial charge in [0, 0.05) is 6.54 Å². The SMILES string of the molecule is CCC1(c2ccccc2)NC(=O)N(CC(=O)NCc2ccccc2)C1=O. The van der Waals surface area contributed by atoms with E-state index in [2.05, 4.69) is 10.6 Å². The molecular formula is C20H21N3O3. The molecule has 134 valence electrons. The molecule has 6 nitrogen and oxygen atoms in total. The number of nitrogens with one attached hydrogen (secondary N) is 2. The predicted molar refractivity (Wildman–Crippen MR) is 96.9 cm³/mol. The third kappa shape index (κ3) is 3.31. The summed E-state index contributed by atoms with van der Waals surface area (Å²) >= 11 is 0. The summed E-state index contributed by atoms with van der Waals surface area (Å²) in [6, 6.07) is 18.0. The molecule has 1 heterocycles. The van der Waals surface area contributed by atoms with Crippen LogP contribution in [0.15, 0.2) is 60.7 Å². The van der Waals surface area contributed by atoms with Crippen molar-refractivity contribution in [2.24, 2.45) is 0 Å². The Morgan fingerprint density at radius 3 is 2.27 bits per heavy atom. The van der Waals surface area contributed by atoms with Gasteiger partial charge in [0.1, 0.15) is 12.1 Å². The topological polar surface area (TPSA) is 78.5 Å². The van der Waals surface area contributed by atoms with Crippen molar-refractivity contribution >= 4 is 17.8 Å². The smallest absolute Gasteiger partial charge is 0.325 e. The van der Waals surface area contributed by atoms with Gasteiger partial charge in [0.25, 0.3) is 5.91 Å². The Kier molecular flexibility index (Phi) is 5.02. The molecule has 0 aliphatic carbocycles. The van der Waals surface area contributed by atoms with Crippen molar-refractivity contribution in [1.29, 1.82) is 0 Å². The standard InChI is InChI=1S/C20H21N3O3/c1-2-20(16-11-7-4-8-12-16)18(25)23(19(26)22-20)14-17(24)21-13-15-9-5-3-6-10-15/h3-12H,2,13-14H2,1H3,(H,21,24)(H,22,26). The number of imide groups is 1. The average Bonchev–Trinajstić information content (AvgIpc) is 2.93. The molecule has 0 radical (unpaired) electrons. The molecule has 2 N–H and O–H groups in total. The number of hydrogen-bond acceptors (Lipinski definition) is 3. The molecule has 0 aromatic heterocycles. The summed E-state index contributed by atoms with van der Waals surface area (Å²) in [5.74, 6) is -0.775. The first-order chi connectivity index (χ1) is 12.6. The average molecular weight is 351 g/mol. The second-order valence-electron chi connectivity index (χ2n) is 6.21. The van der Waals surface area contributed by atoms with Crippen LogP contribution in [0.25, 0.3) is 0 Å². The third-order valence-electron chi connectivity index (χ3n) is 4.61. The van der Waals surface area contributed by atoms with Gasteiger partial charge in [-0.25, -0.2) is 4.79 Å². The molecule has 0 bridgehead atoms. The lowest BCUT2D eigenvalue weighted by molar-refractivity contribution is -0.135. The van der Waals surface area contributed by atoms with E-state index >= 15 is 0 Å². The van der Waals surface area contributed by atoms with Gasteiger partial charge in [0.15, 0.2) is 0 Å². The molecule has 1 atom stereocenters. The van der Waals surface area contributed by atoms with Crippen molar-refractivity contribution in [3.05, 3.63) is 71.8 Å². The maximum atomic E-state index is 12.9. The van der Waals surface area contributed by atoms with E-state index in [0.29, 0.717) is 18.5 Å². The van der Waals surface area contributed by atoms with E-state index in [4.69, 9.17) is 0 Å². The number of urea groups is 1. The van der Waals surface area contributed by atoms with E-state index in [9.17, 15) is 14.4 Å². The molecule has 1 fully saturated rings. The fraction of sp³-hybridized carbons (Fsp3) is 0.250. The Balaban J connectivity index is 1.70. The molecule has 2 aromatic rings. The minimum Gasteiger partial charge on any atom is -0.350 e. The third-order valence-corrected chi connectivity index (χ3v) is 4.61. The minimum atomic E-state index is -1.11. The zero-order chi connectivity index (χ0) is 18.6. The minimum absolute atomic E-state index is 0.300. The summed E-state index contributed by atoms with van der Waals surface area (Å²) in [5.41, 5.74) is 0.552. The summed E-state index contributed by atoms with van der Waals surface area (Å²) in [7, 11) is 0. The first-order valence-electron chi connectivity index (χ1n) is 8.57. The number of carbonyl (C=O) groups excluding carboxylic acids is 3. The monoisotopic (exact) mass is 351 g/mol. The highest BCUT2D eigenvalue weighted by atomic mass is 16.2. The number of rotatable bonds is 6.